The maximum atomic E-state index is 11.6. The molecule has 1 atom stereocenters. The normalized spacial score (nSPS) is 12.6. The molecule has 1 unspecified atom stereocenters. The highest BCUT2D eigenvalue weighted by Gasteiger charge is 2.22. The molecule has 0 amide bonds. The van der Waals surface area contributed by atoms with Crippen LogP contribution in [0.1, 0.15) is 30.5 Å². The van der Waals surface area contributed by atoms with Gasteiger partial charge in [-0.2, -0.15) is 0 Å². The van der Waals surface area contributed by atoms with Crippen molar-refractivity contribution in [1.82, 2.24) is 5.32 Å². The van der Waals surface area contributed by atoms with Crippen LogP contribution in [0.4, 0.5) is 0 Å². The van der Waals surface area contributed by atoms with Crippen LogP contribution in [-0.2, 0) is 16.1 Å². The molecular formula is C15H23NO2. The fourth-order valence-electron chi connectivity index (χ4n) is 1.94. The van der Waals surface area contributed by atoms with E-state index in [0.717, 1.165) is 0 Å². The number of rotatable bonds is 5. The molecule has 1 aromatic carbocycles. The van der Waals surface area contributed by atoms with Crippen molar-refractivity contribution < 1.29 is 9.53 Å². The molecule has 18 heavy (non-hydrogen) atoms. The summed E-state index contributed by atoms with van der Waals surface area (Å²) in [5.74, 6) is 0.0119. The molecule has 0 aromatic heterocycles. The van der Waals surface area contributed by atoms with Gasteiger partial charge in [0.25, 0.3) is 0 Å². The molecule has 0 bridgehead atoms. The number of ether oxygens (including phenoxy) is 1. The lowest BCUT2D eigenvalue weighted by Gasteiger charge is -2.20. The van der Waals surface area contributed by atoms with E-state index in [1.54, 1.807) is 0 Å². The molecule has 0 saturated carbocycles. The Morgan fingerprint density at radius 1 is 1.33 bits per heavy atom. The number of carbonyl (C=O) groups is 1. The molecule has 0 aliphatic rings. The minimum Gasteiger partial charge on any atom is -0.468 e. The number of carbonyl (C=O) groups excluding carboxylic acids is 1. The Bertz CT molecular complexity index is 413. The zero-order valence-corrected chi connectivity index (χ0v) is 11.9. The second kappa shape index (κ2) is 6.55. The average molecular weight is 249 g/mol. The third-order valence-electron chi connectivity index (χ3n) is 3.35. The highest BCUT2D eigenvalue weighted by atomic mass is 16.5. The number of aryl methyl sites for hydroxylation is 1. The van der Waals surface area contributed by atoms with E-state index < -0.39 is 0 Å². The van der Waals surface area contributed by atoms with E-state index in [4.69, 9.17) is 4.74 Å². The minimum atomic E-state index is -0.255. The number of hydrogen-bond donors (Lipinski definition) is 1. The van der Waals surface area contributed by atoms with Crippen LogP contribution in [0.2, 0.25) is 0 Å². The number of benzene rings is 1. The summed E-state index contributed by atoms with van der Waals surface area (Å²) in [5.41, 5.74) is 3.77. The summed E-state index contributed by atoms with van der Waals surface area (Å²) >= 11 is 0. The van der Waals surface area contributed by atoms with Crippen molar-refractivity contribution in [3.8, 4) is 0 Å². The van der Waals surface area contributed by atoms with Crippen molar-refractivity contribution in [2.75, 3.05) is 7.11 Å². The highest BCUT2D eigenvalue weighted by molar-refractivity contribution is 5.75. The molecule has 1 aromatic rings. The topological polar surface area (TPSA) is 38.3 Å². The summed E-state index contributed by atoms with van der Waals surface area (Å²) in [5, 5.41) is 3.28. The van der Waals surface area contributed by atoms with Crippen LogP contribution in [0.25, 0.3) is 0 Å². The molecule has 1 N–H and O–H groups in total. The fourth-order valence-corrected chi connectivity index (χ4v) is 1.94. The second-order valence-electron chi connectivity index (χ2n) is 4.98. The summed E-state index contributed by atoms with van der Waals surface area (Å²) in [6.07, 6.45) is 0. The lowest BCUT2D eigenvalue weighted by Crippen LogP contribution is -2.41. The molecule has 100 valence electrons. The van der Waals surface area contributed by atoms with Gasteiger partial charge < -0.3 is 10.1 Å². The Morgan fingerprint density at radius 2 is 2.00 bits per heavy atom. The monoisotopic (exact) mass is 249 g/mol. The van der Waals surface area contributed by atoms with E-state index in [-0.39, 0.29) is 17.9 Å². The Hall–Kier alpha value is -1.35. The predicted molar refractivity (Wildman–Crippen MR) is 73.4 cm³/mol. The Labute approximate surface area is 110 Å². The van der Waals surface area contributed by atoms with Crippen molar-refractivity contribution >= 4 is 5.97 Å². The predicted octanol–water partition coefficient (Wildman–Crippen LogP) is 2.59. The van der Waals surface area contributed by atoms with Crippen LogP contribution in [0.5, 0.6) is 0 Å². The third-order valence-corrected chi connectivity index (χ3v) is 3.35. The SMILES string of the molecule is COC(=O)C(NCc1cccc(C)c1C)C(C)C. The first-order chi connectivity index (χ1) is 8.47. The minimum absolute atomic E-state index is 0.199. The summed E-state index contributed by atoms with van der Waals surface area (Å²) in [6, 6.07) is 5.97. The zero-order valence-electron chi connectivity index (χ0n) is 11.9. The first-order valence-electron chi connectivity index (χ1n) is 6.33. The first-order valence-corrected chi connectivity index (χ1v) is 6.33. The molecular weight excluding hydrogens is 226 g/mol. The van der Waals surface area contributed by atoms with Crippen molar-refractivity contribution in [1.29, 1.82) is 0 Å². The van der Waals surface area contributed by atoms with Gasteiger partial charge in [0.1, 0.15) is 6.04 Å². The summed E-state index contributed by atoms with van der Waals surface area (Å²) in [6.45, 7) is 8.91. The van der Waals surface area contributed by atoms with Crippen LogP contribution in [0.3, 0.4) is 0 Å². The first kappa shape index (κ1) is 14.7. The molecule has 0 heterocycles. The Balaban J connectivity index is 2.73. The zero-order chi connectivity index (χ0) is 13.7. The molecule has 0 aliphatic carbocycles. The fraction of sp³-hybridized carbons (Fsp3) is 0.533. The van der Waals surface area contributed by atoms with Gasteiger partial charge in [-0.3, -0.25) is 4.79 Å². The number of nitrogens with one attached hydrogen (secondary N) is 1. The van der Waals surface area contributed by atoms with Crippen molar-refractivity contribution in [2.24, 2.45) is 5.92 Å². The summed E-state index contributed by atoms with van der Waals surface area (Å²) in [4.78, 5) is 11.6. The maximum Gasteiger partial charge on any atom is 0.323 e. The molecule has 0 aliphatic heterocycles. The molecule has 1 rings (SSSR count). The molecule has 0 radical (unpaired) electrons. The van der Waals surface area contributed by atoms with E-state index in [2.05, 4.69) is 31.3 Å². The van der Waals surface area contributed by atoms with Crippen LogP contribution >= 0.6 is 0 Å². The van der Waals surface area contributed by atoms with Crippen molar-refractivity contribution in [2.45, 2.75) is 40.3 Å². The second-order valence-corrected chi connectivity index (χ2v) is 4.98. The molecule has 0 saturated heterocycles. The van der Waals surface area contributed by atoms with Crippen LogP contribution in [0.15, 0.2) is 18.2 Å². The molecule has 0 fully saturated rings. The third kappa shape index (κ3) is 3.57. The van der Waals surface area contributed by atoms with Gasteiger partial charge in [0, 0.05) is 6.54 Å². The summed E-state index contributed by atoms with van der Waals surface area (Å²) < 4.78 is 4.81. The van der Waals surface area contributed by atoms with Crippen LogP contribution in [-0.4, -0.2) is 19.1 Å². The van der Waals surface area contributed by atoms with Gasteiger partial charge in [-0.25, -0.2) is 0 Å². The Kier molecular flexibility index (Phi) is 5.35. The lowest BCUT2D eigenvalue weighted by atomic mass is 10.0. The van der Waals surface area contributed by atoms with Gasteiger partial charge in [-0.15, -0.1) is 0 Å². The maximum absolute atomic E-state index is 11.6. The largest absolute Gasteiger partial charge is 0.468 e. The van der Waals surface area contributed by atoms with E-state index in [0.29, 0.717) is 6.54 Å². The van der Waals surface area contributed by atoms with Gasteiger partial charge >= 0.3 is 5.97 Å². The van der Waals surface area contributed by atoms with E-state index in [9.17, 15) is 4.79 Å². The van der Waals surface area contributed by atoms with Gasteiger partial charge in [0.05, 0.1) is 7.11 Å². The van der Waals surface area contributed by atoms with E-state index in [1.165, 1.54) is 23.8 Å². The van der Waals surface area contributed by atoms with Gasteiger partial charge in [0.2, 0.25) is 0 Å². The van der Waals surface area contributed by atoms with Crippen LogP contribution in [0, 0.1) is 19.8 Å². The van der Waals surface area contributed by atoms with Gasteiger partial charge in [-0.1, -0.05) is 32.0 Å². The van der Waals surface area contributed by atoms with Crippen LogP contribution < -0.4 is 5.32 Å². The lowest BCUT2D eigenvalue weighted by molar-refractivity contribution is -0.144. The number of hydrogen-bond acceptors (Lipinski definition) is 3. The van der Waals surface area contributed by atoms with Crippen molar-refractivity contribution in [3.05, 3.63) is 34.9 Å². The number of methoxy groups -OCH3 is 1. The highest BCUT2D eigenvalue weighted by Crippen LogP contribution is 2.13. The van der Waals surface area contributed by atoms with E-state index in [1.807, 2.05) is 19.9 Å². The van der Waals surface area contributed by atoms with E-state index >= 15 is 0 Å². The van der Waals surface area contributed by atoms with Crippen molar-refractivity contribution in [3.63, 3.8) is 0 Å². The summed E-state index contributed by atoms with van der Waals surface area (Å²) in [7, 11) is 1.43. The molecule has 3 nitrogen and oxygen atoms in total. The molecule has 3 heteroatoms. The van der Waals surface area contributed by atoms with Gasteiger partial charge in [-0.05, 0) is 36.5 Å². The standard InChI is InChI=1S/C15H23NO2/c1-10(2)14(15(17)18-5)16-9-13-8-6-7-11(3)12(13)4/h6-8,10,14,16H,9H2,1-5H3. The molecule has 0 spiro atoms. The van der Waals surface area contributed by atoms with Gasteiger partial charge in [0.15, 0.2) is 0 Å². The quantitative estimate of drug-likeness (QED) is 0.815. The smallest absolute Gasteiger partial charge is 0.323 e. The number of esters is 1. The Morgan fingerprint density at radius 3 is 2.56 bits per heavy atom. The average Bonchev–Trinajstić information content (AvgIpc) is 2.33.